The maximum atomic E-state index is 12.4. The summed E-state index contributed by atoms with van der Waals surface area (Å²) >= 11 is 0. The number of fused-ring (bicyclic) bond motifs is 1. The predicted octanol–water partition coefficient (Wildman–Crippen LogP) is 3.76. The van der Waals surface area contributed by atoms with E-state index in [9.17, 15) is 4.79 Å². The first-order chi connectivity index (χ1) is 14.2. The summed E-state index contributed by atoms with van der Waals surface area (Å²) in [6, 6.07) is 17.8. The standard InChI is InChI=1S/C24H25N3O2/c1-29-23-9-5-3-7-21(23)18-10-13-27(14-11-18)15-12-25-24(28)20-16-19-6-2-4-8-22(19)26-17-20/h2-10,16-17H,11-15H2,1H3,(H,25,28). The van der Waals surface area contributed by atoms with Crippen LogP contribution in [0, 0.1) is 0 Å². The van der Waals surface area contributed by atoms with Crippen LogP contribution in [0.15, 0.2) is 66.9 Å². The van der Waals surface area contributed by atoms with Crippen LogP contribution in [-0.4, -0.2) is 49.1 Å². The summed E-state index contributed by atoms with van der Waals surface area (Å²) in [5, 5.41) is 3.99. The third kappa shape index (κ3) is 4.46. The molecule has 1 amide bonds. The fourth-order valence-corrected chi connectivity index (χ4v) is 3.69. The normalized spacial score (nSPS) is 14.4. The van der Waals surface area contributed by atoms with Crippen molar-refractivity contribution >= 4 is 22.4 Å². The van der Waals surface area contributed by atoms with Crippen LogP contribution in [0.5, 0.6) is 5.75 Å². The predicted molar refractivity (Wildman–Crippen MR) is 116 cm³/mol. The summed E-state index contributed by atoms with van der Waals surface area (Å²) in [6.45, 7) is 3.28. The first-order valence-corrected chi connectivity index (χ1v) is 9.92. The number of rotatable bonds is 6. The second kappa shape index (κ2) is 8.88. The number of aromatic nitrogens is 1. The van der Waals surface area contributed by atoms with Crippen molar-refractivity contribution in [1.29, 1.82) is 0 Å². The van der Waals surface area contributed by atoms with Gasteiger partial charge in [-0.2, -0.15) is 0 Å². The fourth-order valence-electron chi connectivity index (χ4n) is 3.69. The Morgan fingerprint density at radius 1 is 1.17 bits per heavy atom. The van der Waals surface area contributed by atoms with Gasteiger partial charge >= 0.3 is 0 Å². The molecule has 0 unspecified atom stereocenters. The van der Waals surface area contributed by atoms with Crippen LogP contribution in [0.1, 0.15) is 22.3 Å². The number of hydrogen-bond acceptors (Lipinski definition) is 4. The SMILES string of the molecule is COc1ccccc1C1=CCN(CCNC(=O)c2cnc3ccccc3c2)CC1. The molecule has 148 valence electrons. The van der Waals surface area contributed by atoms with Crippen LogP contribution in [0.25, 0.3) is 16.5 Å². The Kier molecular flexibility index (Phi) is 5.86. The molecular formula is C24H25N3O2. The first-order valence-electron chi connectivity index (χ1n) is 9.92. The highest BCUT2D eigenvalue weighted by atomic mass is 16.5. The van der Waals surface area contributed by atoms with E-state index in [0.717, 1.165) is 42.7 Å². The topological polar surface area (TPSA) is 54.5 Å². The smallest absolute Gasteiger partial charge is 0.252 e. The van der Waals surface area contributed by atoms with Crippen molar-refractivity contribution in [1.82, 2.24) is 15.2 Å². The molecule has 0 radical (unpaired) electrons. The molecule has 29 heavy (non-hydrogen) atoms. The zero-order valence-electron chi connectivity index (χ0n) is 16.6. The van der Waals surface area contributed by atoms with E-state index in [4.69, 9.17) is 4.74 Å². The molecule has 0 fully saturated rings. The molecule has 5 heteroatoms. The van der Waals surface area contributed by atoms with Crippen LogP contribution in [0.4, 0.5) is 0 Å². The summed E-state index contributed by atoms with van der Waals surface area (Å²) < 4.78 is 5.48. The molecule has 0 aliphatic carbocycles. The molecule has 0 bridgehead atoms. The van der Waals surface area contributed by atoms with E-state index < -0.39 is 0 Å². The van der Waals surface area contributed by atoms with Gasteiger partial charge in [-0.05, 0) is 30.2 Å². The highest BCUT2D eigenvalue weighted by molar-refractivity contribution is 5.97. The summed E-state index contributed by atoms with van der Waals surface area (Å²) in [7, 11) is 1.71. The minimum absolute atomic E-state index is 0.0782. The number of ether oxygens (including phenoxy) is 1. The zero-order valence-corrected chi connectivity index (χ0v) is 16.6. The second-order valence-corrected chi connectivity index (χ2v) is 7.15. The third-order valence-electron chi connectivity index (χ3n) is 5.31. The molecule has 4 rings (SSSR count). The lowest BCUT2D eigenvalue weighted by molar-refractivity contribution is 0.0949. The Morgan fingerprint density at radius 2 is 2.00 bits per heavy atom. The molecular weight excluding hydrogens is 362 g/mol. The van der Waals surface area contributed by atoms with Crippen molar-refractivity contribution in [3.8, 4) is 5.75 Å². The summed E-state index contributed by atoms with van der Waals surface area (Å²) in [4.78, 5) is 19.1. The number of nitrogens with one attached hydrogen (secondary N) is 1. The lowest BCUT2D eigenvalue weighted by Crippen LogP contribution is -2.37. The summed E-state index contributed by atoms with van der Waals surface area (Å²) in [6.07, 6.45) is 4.88. The Balaban J connectivity index is 1.30. The average molecular weight is 387 g/mol. The Bertz CT molecular complexity index is 1040. The number of benzene rings is 2. The van der Waals surface area contributed by atoms with Crippen LogP contribution in [0.3, 0.4) is 0 Å². The van der Waals surface area contributed by atoms with E-state index >= 15 is 0 Å². The van der Waals surface area contributed by atoms with Crippen molar-refractivity contribution < 1.29 is 9.53 Å². The van der Waals surface area contributed by atoms with Crippen LogP contribution >= 0.6 is 0 Å². The number of pyridine rings is 1. The van der Waals surface area contributed by atoms with E-state index in [2.05, 4.69) is 27.3 Å². The van der Waals surface area contributed by atoms with E-state index in [-0.39, 0.29) is 5.91 Å². The molecule has 0 spiro atoms. The van der Waals surface area contributed by atoms with E-state index in [1.807, 2.05) is 48.5 Å². The molecule has 2 heterocycles. The minimum atomic E-state index is -0.0782. The van der Waals surface area contributed by atoms with Gasteiger partial charge in [0.2, 0.25) is 0 Å². The minimum Gasteiger partial charge on any atom is -0.496 e. The molecule has 2 aromatic carbocycles. The van der Waals surface area contributed by atoms with Gasteiger partial charge < -0.3 is 10.1 Å². The average Bonchev–Trinajstić information content (AvgIpc) is 2.79. The zero-order chi connectivity index (χ0) is 20.1. The van der Waals surface area contributed by atoms with Gasteiger partial charge in [0.15, 0.2) is 0 Å². The Hall–Kier alpha value is -3.18. The van der Waals surface area contributed by atoms with E-state index in [1.54, 1.807) is 13.3 Å². The first kappa shape index (κ1) is 19.2. The summed E-state index contributed by atoms with van der Waals surface area (Å²) in [5.41, 5.74) is 3.99. The van der Waals surface area contributed by atoms with E-state index in [0.29, 0.717) is 12.1 Å². The molecule has 5 nitrogen and oxygen atoms in total. The van der Waals surface area contributed by atoms with Gasteiger partial charge in [-0.25, -0.2) is 0 Å². The van der Waals surface area contributed by atoms with Crippen molar-refractivity contribution in [3.63, 3.8) is 0 Å². The molecule has 1 N–H and O–H groups in total. The monoisotopic (exact) mass is 387 g/mol. The van der Waals surface area contributed by atoms with Crippen LogP contribution in [0.2, 0.25) is 0 Å². The largest absolute Gasteiger partial charge is 0.496 e. The molecule has 1 aliphatic rings. The molecule has 0 saturated heterocycles. The van der Waals surface area contributed by atoms with Gasteiger partial charge in [0.05, 0.1) is 18.2 Å². The number of amides is 1. The Morgan fingerprint density at radius 3 is 2.83 bits per heavy atom. The number of nitrogens with zero attached hydrogens (tertiary/aromatic N) is 2. The van der Waals surface area contributed by atoms with Gasteiger partial charge in [0.1, 0.15) is 5.75 Å². The highest BCUT2D eigenvalue weighted by Gasteiger charge is 2.15. The number of carbonyl (C=O) groups is 1. The molecule has 3 aromatic rings. The molecule has 1 aliphatic heterocycles. The number of hydrogen-bond donors (Lipinski definition) is 1. The van der Waals surface area contributed by atoms with Gasteiger partial charge in [0, 0.05) is 43.3 Å². The van der Waals surface area contributed by atoms with Gasteiger partial charge in [-0.1, -0.05) is 42.5 Å². The second-order valence-electron chi connectivity index (χ2n) is 7.15. The molecule has 0 saturated carbocycles. The van der Waals surface area contributed by atoms with Gasteiger partial charge in [-0.15, -0.1) is 0 Å². The molecule has 0 atom stereocenters. The maximum Gasteiger partial charge on any atom is 0.252 e. The number of methoxy groups -OCH3 is 1. The van der Waals surface area contributed by atoms with Gasteiger partial charge in [-0.3, -0.25) is 14.7 Å². The quantitative estimate of drug-likeness (QED) is 0.700. The van der Waals surface area contributed by atoms with Crippen LogP contribution in [-0.2, 0) is 0 Å². The summed E-state index contributed by atoms with van der Waals surface area (Å²) in [5.74, 6) is 0.842. The van der Waals surface area contributed by atoms with Crippen molar-refractivity contribution in [2.24, 2.45) is 0 Å². The maximum absolute atomic E-state index is 12.4. The number of carbonyl (C=O) groups excluding carboxylic acids is 1. The van der Waals surface area contributed by atoms with Crippen molar-refractivity contribution in [3.05, 3.63) is 78.0 Å². The Labute approximate surface area is 171 Å². The fraction of sp³-hybridized carbons (Fsp3) is 0.250. The number of para-hydroxylation sites is 2. The van der Waals surface area contributed by atoms with Gasteiger partial charge in [0.25, 0.3) is 5.91 Å². The third-order valence-corrected chi connectivity index (χ3v) is 5.31. The lowest BCUT2D eigenvalue weighted by atomic mass is 9.98. The van der Waals surface area contributed by atoms with Crippen molar-refractivity contribution in [2.75, 3.05) is 33.3 Å². The lowest BCUT2D eigenvalue weighted by Gasteiger charge is -2.27. The van der Waals surface area contributed by atoms with Crippen LogP contribution < -0.4 is 10.1 Å². The molecule has 1 aromatic heterocycles. The van der Waals surface area contributed by atoms with E-state index in [1.165, 1.54) is 11.1 Å². The van der Waals surface area contributed by atoms with Crippen molar-refractivity contribution in [2.45, 2.75) is 6.42 Å². The highest BCUT2D eigenvalue weighted by Crippen LogP contribution is 2.29.